The van der Waals surface area contributed by atoms with E-state index in [9.17, 15) is 4.79 Å². The Labute approximate surface area is 205 Å². The van der Waals surface area contributed by atoms with Crippen LogP contribution in [0.1, 0.15) is 55.8 Å². The van der Waals surface area contributed by atoms with Crippen molar-refractivity contribution < 1.29 is 19.1 Å². The minimum absolute atomic E-state index is 0.185. The molecule has 2 aromatic carbocycles. The molecule has 34 heavy (non-hydrogen) atoms. The summed E-state index contributed by atoms with van der Waals surface area (Å²) < 4.78 is 11.8. The number of piperidine rings is 1. The summed E-state index contributed by atoms with van der Waals surface area (Å²) >= 11 is 1.68. The molecule has 6 nitrogen and oxygen atoms in total. The number of ether oxygens (including phenoxy) is 2. The van der Waals surface area contributed by atoms with Crippen LogP contribution in [0.25, 0.3) is 0 Å². The minimum Gasteiger partial charge on any atom is -0.489 e. The van der Waals surface area contributed by atoms with Gasteiger partial charge in [0.25, 0.3) is 0 Å². The maximum atomic E-state index is 12.1. The third-order valence-electron chi connectivity index (χ3n) is 5.66. The van der Waals surface area contributed by atoms with Crippen LogP contribution in [0.15, 0.2) is 60.0 Å². The van der Waals surface area contributed by atoms with E-state index in [0.717, 1.165) is 53.7 Å². The van der Waals surface area contributed by atoms with Crippen LogP contribution in [-0.4, -0.2) is 29.1 Å². The van der Waals surface area contributed by atoms with Crippen LogP contribution in [0.2, 0.25) is 0 Å². The third-order valence-corrected chi connectivity index (χ3v) is 6.71. The zero-order chi connectivity index (χ0) is 24.0. The largest absolute Gasteiger partial charge is 0.489 e. The second-order valence-electron chi connectivity index (χ2n) is 9.54. The summed E-state index contributed by atoms with van der Waals surface area (Å²) in [6, 6.07) is 17.8. The van der Waals surface area contributed by atoms with Crippen molar-refractivity contribution >= 4 is 17.3 Å². The van der Waals surface area contributed by atoms with E-state index in [-0.39, 0.29) is 5.97 Å². The fraction of sp³-hybridized carbons (Fsp3) is 0.407. The fourth-order valence-corrected chi connectivity index (χ4v) is 4.53. The smallest absolute Gasteiger partial charge is 0.330 e. The van der Waals surface area contributed by atoms with Gasteiger partial charge < -0.3 is 14.3 Å². The number of carbonyl (C=O) groups excluding carboxylic acids is 1. The molecule has 0 aliphatic carbocycles. The molecule has 2 heterocycles. The van der Waals surface area contributed by atoms with Crippen LogP contribution < -0.4 is 9.47 Å². The number of hydrogen-bond donors (Lipinski definition) is 0. The number of benzene rings is 2. The summed E-state index contributed by atoms with van der Waals surface area (Å²) in [6.07, 6.45) is 1.85. The lowest BCUT2D eigenvalue weighted by atomic mass is 9.97. The summed E-state index contributed by atoms with van der Waals surface area (Å²) in [6.45, 7) is 8.05. The molecule has 0 atom stereocenters. The number of hydroxylamine groups is 2. The van der Waals surface area contributed by atoms with Crippen molar-refractivity contribution in [2.24, 2.45) is 5.41 Å². The van der Waals surface area contributed by atoms with Crippen LogP contribution in [0.4, 0.5) is 0 Å². The Kier molecular flexibility index (Phi) is 7.85. The average Bonchev–Trinajstić information content (AvgIpc) is 3.32. The second kappa shape index (κ2) is 11.0. The fourth-order valence-electron chi connectivity index (χ4n) is 3.55. The molecule has 0 amide bonds. The number of nitrogens with zero attached hydrogens (tertiary/aromatic N) is 2. The summed E-state index contributed by atoms with van der Waals surface area (Å²) in [5, 5.41) is 4.98. The quantitative estimate of drug-likeness (QED) is 0.395. The Hall–Kier alpha value is -2.90. The number of rotatable bonds is 8. The van der Waals surface area contributed by atoms with Gasteiger partial charge in [0.2, 0.25) is 0 Å². The SMILES string of the molecule is CC(C)(C)C(=O)ON1CCC(c2nc(COc3ccc(OCc4ccccc4)cc3)cs2)CC1. The molecule has 7 heteroatoms. The summed E-state index contributed by atoms with van der Waals surface area (Å²) in [4.78, 5) is 22.4. The van der Waals surface area contributed by atoms with Crippen LogP contribution in [0.3, 0.4) is 0 Å². The van der Waals surface area contributed by atoms with Gasteiger partial charge in [-0.15, -0.1) is 16.4 Å². The lowest BCUT2D eigenvalue weighted by Crippen LogP contribution is -2.38. The predicted molar refractivity (Wildman–Crippen MR) is 133 cm³/mol. The number of thiazole rings is 1. The molecule has 0 radical (unpaired) electrons. The van der Waals surface area contributed by atoms with E-state index in [1.165, 1.54) is 0 Å². The molecular weight excluding hydrogens is 448 g/mol. The van der Waals surface area contributed by atoms with Gasteiger partial charge >= 0.3 is 5.97 Å². The first-order chi connectivity index (χ1) is 16.4. The predicted octanol–water partition coefficient (Wildman–Crippen LogP) is 5.98. The van der Waals surface area contributed by atoms with E-state index < -0.39 is 5.41 Å². The Morgan fingerprint density at radius 3 is 2.21 bits per heavy atom. The maximum absolute atomic E-state index is 12.1. The average molecular weight is 481 g/mol. The van der Waals surface area contributed by atoms with Gasteiger partial charge in [0.15, 0.2) is 0 Å². The molecule has 0 bridgehead atoms. The molecule has 1 aliphatic heterocycles. The highest BCUT2D eigenvalue weighted by Gasteiger charge is 2.29. The van der Waals surface area contributed by atoms with Crippen molar-refractivity contribution in [3.8, 4) is 11.5 Å². The Morgan fingerprint density at radius 2 is 1.59 bits per heavy atom. The molecule has 4 rings (SSSR count). The van der Waals surface area contributed by atoms with E-state index >= 15 is 0 Å². The van der Waals surface area contributed by atoms with Crippen LogP contribution in [0, 0.1) is 5.41 Å². The van der Waals surface area contributed by atoms with Crippen LogP contribution in [0.5, 0.6) is 11.5 Å². The van der Waals surface area contributed by atoms with Gasteiger partial charge in [-0.3, -0.25) is 0 Å². The van der Waals surface area contributed by atoms with Gasteiger partial charge in [0, 0.05) is 24.4 Å². The molecule has 0 unspecified atom stereocenters. The molecule has 3 aromatic rings. The molecule has 1 fully saturated rings. The van der Waals surface area contributed by atoms with Gasteiger partial charge in [-0.2, -0.15) is 0 Å². The van der Waals surface area contributed by atoms with Gasteiger partial charge in [-0.1, -0.05) is 30.3 Å². The summed E-state index contributed by atoms with van der Waals surface area (Å²) in [5.74, 6) is 1.81. The first-order valence-corrected chi connectivity index (χ1v) is 12.6. The number of hydrogen-bond acceptors (Lipinski definition) is 7. The molecule has 180 valence electrons. The lowest BCUT2D eigenvalue weighted by molar-refractivity contribution is -0.204. The van der Waals surface area contributed by atoms with Crippen molar-refractivity contribution in [2.45, 2.75) is 52.7 Å². The molecule has 0 spiro atoms. The van der Waals surface area contributed by atoms with Crippen molar-refractivity contribution in [1.82, 2.24) is 10.0 Å². The van der Waals surface area contributed by atoms with E-state index in [2.05, 4.69) is 5.38 Å². The molecular formula is C27H32N2O4S. The Balaban J connectivity index is 1.21. The summed E-state index contributed by atoms with van der Waals surface area (Å²) in [7, 11) is 0. The third kappa shape index (κ3) is 6.81. The van der Waals surface area contributed by atoms with Crippen molar-refractivity contribution in [2.75, 3.05) is 13.1 Å². The molecule has 0 N–H and O–H groups in total. The first kappa shape index (κ1) is 24.2. The second-order valence-corrected chi connectivity index (χ2v) is 10.4. The standard InChI is InChI=1S/C27H32N2O4S/c1-27(2,3)26(30)33-29-15-13-21(14-16-29)25-28-22(19-34-25)18-32-24-11-9-23(10-12-24)31-17-20-7-5-4-6-8-20/h4-12,19,21H,13-18H2,1-3H3. The molecule has 1 aliphatic rings. The number of aromatic nitrogens is 1. The lowest BCUT2D eigenvalue weighted by Gasteiger charge is -2.31. The van der Waals surface area contributed by atoms with E-state index in [1.807, 2.05) is 75.4 Å². The van der Waals surface area contributed by atoms with Crippen LogP contribution in [-0.2, 0) is 22.8 Å². The van der Waals surface area contributed by atoms with Crippen molar-refractivity contribution in [3.63, 3.8) is 0 Å². The monoisotopic (exact) mass is 480 g/mol. The number of carbonyl (C=O) groups is 1. The normalized spacial score (nSPS) is 15.1. The first-order valence-electron chi connectivity index (χ1n) is 11.7. The zero-order valence-corrected chi connectivity index (χ0v) is 20.8. The molecule has 1 aromatic heterocycles. The Bertz CT molecular complexity index is 1050. The van der Waals surface area contributed by atoms with Gasteiger partial charge in [0.1, 0.15) is 24.7 Å². The highest BCUT2D eigenvalue weighted by Crippen LogP contribution is 2.31. The Morgan fingerprint density at radius 1 is 0.971 bits per heavy atom. The highest BCUT2D eigenvalue weighted by atomic mass is 32.1. The van der Waals surface area contributed by atoms with E-state index in [1.54, 1.807) is 16.4 Å². The topological polar surface area (TPSA) is 60.9 Å². The van der Waals surface area contributed by atoms with Crippen molar-refractivity contribution in [1.29, 1.82) is 0 Å². The molecule has 0 saturated carbocycles. The maximum Gasteiger partial charge on any atom is 0.330 e. The van der Waals surface area contributed by atoms with Gasteiger partial charge in [0.05, 0.1) is 16.1 Å². The summed E-state index contributed by atoms with van der Waals surface area (Å²) in [5.41, 5.74) is 1.58. The van der Waals surface area contributed by atoms with Crippen LogP contribution >= 0.6 is 11.3 Å². The van der Waals surface area contributed by atoms with Gasteiger partial charge in [-0.05, 0) is 63.4 Å². The van der Waals surface area contributed by atoms with Gasteiger partial charge in [-0.25, -0.2) is 9.78 Å². The zero-order valence-electron chi connectivity index (χ0n) is 20.0. The van der Waals surface area contributed by atoms with E-state index in [4.69, 9.17) is 19.3 Å². The highest BCUT2D eigenvalue weighted by molar-refractivity contribution is 7.09. The van der Waals surface area contributed by atoms with Crippen molar-refractivity contribution in [3.05, 3.63) is 76.2 Å². The minimum atomic E-state index is -0.490. The van der Waals surface area contributed by atoms with E-state index in [0.29, 0.717) is 19.1 Å². The molecule has 1 saturated heterocycles.